The Bertz CT molecular complexity index is 427. The molecule has 0 aromatic heterocycles. The molecule has 0 amide bonds. The van der Waals surface area contributed by atoms with Crippen molar-refractivity contribution in [1.82, 2.24) is 0 Å². The largest absolute Gasteiger partial charge is 0.462 e. The Morgan fingerprint density at radius 2 is 2.11 bits per heavy atom. The Labute approximate surface area is 108 Å². The van der Waals surface area contributed by atoms with Crippen LogP contribution in [0.3, 0.4) is 0 Å². The summed E-state index contributed by atoms with van der Waals surface area (Å²) in [6, 6.07) is 5.43. The van der Waals surface area contributed by atoms with E-state index in [9.17, 15) is 9.59 Å². The van der Waals surface area contributed by atoms with Crippen molar-refractivity contribution in [2.75, 3.05) is 25.6 Å². The number of rotatable bonds is 6. The molecule has 4 heteroatoms. The lowest BCUT2D eigenvalue weighted by atomic mass is 10.0. The SMILES string of the molecule is CCOC(=O)c1ccc(N(C)C)c(CCC=O)c1. The molecule has 1 aromatic carbocycles. The zero-order chi connectivity index (χ0) is 13.5. The van der Waals surface area contributed by atoms with E-state index in [0.717, 1.165) is 17.5 Å². The molecule has 0 saturated heterocycles. The van der Waals surface area contributed by atoms with Gasteiger partial charge in [0.1, 0.15) is 6.29 Å². The first-order valence-electron chi connectivity index (χ1n) is 6.01. The first-order chi connectivity index (χ1) is 8.60. The van der Waals surface area contributed by atoms with E-state index in [4.69, 9.17) is 4.74 Å². The fourth-order valence-electron chi connectivity index (χ4n) is 1.78. The molecule has 0 fully saturated rings. The summed E-state index contributed by atoms with van der Waals surface area (Å²) in [6.07, 6.45) is 1.97. The van der Waals surface area contributed by atoms with Gasteiger partial charge in [-0.1, -0.05) is 0 Å². The molecule has 0 atom stereocenters. The van der Waals surface area contributed by atoms with Gasteiger partial charge in [0.15, 0.2) is 0 Å². The van der Waals surface area contributed by atoms with Gasteiger partial charge in [0.2, 0.25) is 0 Å². The third kappa shape index (κ3) is 3.58. The van der Waals surface area contributed by atoms with Gasteiger partial charge in [-0.3, -0.25) is 0 Å². The Morgan fingerprint density at radius 1 is 1.39 bits per heavy atom. The van der Waals surface area contributed by atoms with Crippen molar-refractivity contribution in [3.63, 3.8) is 0 Å². The van der Waals surface area contributed by atoms with Gasteiger partial charge in [-0.2, -0.15) is 0 Å². The molecule has 0 N–H and O–H groups in total. The molecule has 98 valence electrons. The topological polar surface area (TPSA) is 46.6 Å². The molecule has 4 nitrogen and oxygen atoms in total. The highest BCUT2D eigenvalue weighted by Gasteiger charge is 2.11. The standard InChI is InChI=1S/C14H19NO3/c1-4-18-14(17)12-7-8-13(15(2)3)11(10-12)6-5-9-16/h7-10H,4-6H2,1-3H3. The Kier molecular flexibility index (Phi) is 5.36. The van der Waals surface area contributed by atoms with Gasteiger partial charge in [-0.15, -0.1) is 0 Å². The Balaban J connectivity index is 3.04. The van der Waals surface area contributed by atoms with Gasteiger partial charge in [0.25, 0.3) is 0 Å². The smallest absolute Gasteiger partial charge is 0.338 e. The lowest BCUT2D eigenvalue weighted by Crippen LogP contribution is -2.13. The van der Waals surface area contributed by atoms with Crippen molar-refractivity contribution < 1.29 is 14.3 Å². The number of hydrogen-bond acceptors (Lipinski definition) is 4. The van der Waals surface area contributed by atoms with Gasteiger partial charge in [0.05, 0.1) is 12.2 Å². The minimum atomic E-state index is -0.324. The van der Waals surface area contributed by atoms with E-state index >= 15 is 0 Å². The van der Waals surface area contributed by atoms with Crippen LogP contribution in [0.4, 0.5) is 5.69 Å². The number of esters is 1. The molecule has 0 unspecified atom stereocenters. The highest BCUT2D eigenvalue weighted by Crippen LogP contribution is 2.22. The van der Waals surface area contributed by atoms with E-state index in [1.54, 1.807) is 19.1 Å². The molecule has 0 radical (unpaired) electrons. The first-order valence-corrected chi connectivity index (χ1v) is 6.01. The van der Waals surface area contributed by atoms with Crippen LogP contribution in [0.2, 0.25) is 0 Å². The average molecular weight is 249 g/mol. The van der Waals surface area contributed by atoms with Crippen molar-refractivity contribution in [3.8, 4) is 0 Å². The second-order valence-electron chi connectivity index (χ2n) is 4.16. The summed E-state index contributed by atoms with van der Waals surface area (Å²) >= 11 is 0. The zero-order valence-electron chi connectivity index (χ0n) is 11.1. The number of nitrogens with zero attached hydrogens (tertiary/aromatic N) is 1. The molecule has 0 aliphatic carbocycles. The zero-order valence-corrected chi connectivity index (χ0v) is 11.1. The van der Waals surface area contributed by atoms with E-state index < -0.39 is 0 Å². The monoisotopic (exact) mass is 249 g/mol. The molecule has 0 aliphatic rings. The van der Waals surface area contributed by atoms with Gasteiger partial charge in [-0.25, -0.2) is 4.79 Å². The molecule has 18 heavy (non-hydrogen) atoms. The predicted octanol–water partition coefficient (Wildman–Crippen LogP) is 2.06. The fourth-order valence-corrected chi connectivity index (χ4v) is 1.78. The molecule has 0 bridgehead atoms. The van der Waals surface area contributed by atoms with Crippen molar-refractivity contribution in [1.29, 1.82) is 0 Å². The first kappa shape index (κ1) is 14.2. The lowest BCUT2D eigenvalue weighted by molar-refractivity contribution is -0.107. The molecule has 0 aliphatic heterocycles. The van der Waals surface area contributed by atoms with E-state index in [2.05, 4.69) is 0 Å². The van der Waals surface area contributed by atoms with Gasteiger partial charge < -0.3 is 14.4 Å². The van der Waals surface area contributed by atoms with E-state index in [1.165, 1.54) is 0 Å². The minimum Gasteiger partial charge on any atom is -0.462 e. The Hall–Kier alpha value is -1.84. The molecule has 0 heterocycles. The highest BCUT2D eigenvalue weighted by molar-refractivity contribution is 5.90. The summed E-state index contributed by atoms with van der Waals surface area (Å²) in [5.41, 5.74) is 2.53. The van der Waals surface area contributed by atoms with E-state index in [-0.39, 0.29) is 5.97 Å². The number of aldehydes is 1. The number of carbonyl (C=O) groups excluding carboxylic acids is 2. The van der Waals surface area contributed by atoms with E-state index in [0.29, 0.717) is 25.0 Å². The van der Waals surface area contributed by atoms with Crippen LogP contribution in [0, 0.1) is 0 Å². The second kappa shape index (κ2) is 6.79. The summed E-state index contributed by atoms with van der Waals surface area (Å²) in [7, 11) is 3.87. The van der Waals surface area contributed by atoms with Crippen LogP contribution < -0.4 is 4.90 Å². The van der Waals surface area contributed by atoms with Crippen molar-refractivity contribution in [2.45, 2.75) is 19.8 Å². The second-order valence-corrected chi connectivity index (χ2v) is 4.16. The maximum atomic E-state index is 11.6. The maximum absolute atomic E-state index is 11.6. The van der Waals surface area contributed by atoms with Crippen molar-refractivity contribution >= 4 is 17.9 Å². The summed E-state index contributed by atoms with van der Waals surface area (Å²) in [5.74, 6) is -0.324. The highest BCUT2D eigenvalue weighted by atomic mass is 16.5. The summed E-state index contributed by atoms with van der Waals surface area (Å²) < 4.78 is 4.97. The van der Waals surface area contributed by atoms with Crippen LogP contribution in [-0.2, 0) is 16.0 Å². The van der Waals surface area contributed by atoms with Gasteiger partial charge >= 0.3 is 5.97 Å². The summed E-state index contributed by atoms with van der Waals surface area (Å²) in [4.78, 5) is 24.1. The lowest BCUT2D eigenvalue weighted by Gasteiger charge is -2.18. The normalized spacial score (nSPS) is 9.94. The molecule has 1 aromatic rings. The van der Waals surface area contributed by atoms with Crippen LogP contribution in [-0.4, -0.2) is 33.0 Å². The van der Waals surface area contributed by atoms with Crippen LogP contribution in [0.15, 0.2) is 18.2 Å². The molecule has 0 saturated carbocycles. The number of anilines is 1. The van der Waals surface area contributed by atoms with Gasteiger partial charge in [0, 0.05) is 26.2 Å². The number of carbonyl (C=O) groups is 2. The average Bonchev–Trinajstić information content (AvgIpc) is 2.36. The maximum Gasteiger partial charge on any atom is 0.338 e. The molecular formula is C14H19NO3. The molecule has 0 spiro atoms. The molecular weight excluding hydrogens is 230 g/mol. The van der Waals surface area contributed by atoms with Crippen LogP contribution >= 0.6 is 0 Å². The molecule has 1 rings (SSSR count). The third-order valence-electron chi connectivity index (χ3n) is 2.60. The van der Waals surface area contributed by atoms with E-state index in [1.807, 2.05) is 25.1 Å². The van der Waals surface area contributed by atoms with Crippen molar-refractivity contribution in [3.05, 3.63) is 29.3 Å². The quantitative estimate of drug-likeness (QED) is 0.572. The number of benzene rings is 1. The van der Waals surface area contributed by atoms with Crippen LogP contribution in [0.5, 0.6) is 0 Å². The summed E-state index contributed by atoms with van der Waals surface area (Å²) in [5, 5.41) is 0. The number of hydrogen-bond donors (Lipinski definition) is 0. The predicted molar refractivity (Wildman–Crippen MR) is 71.1 cm³/mol. The van der Waals surface area contributed by atoms with Crippen LogP contribution in [0.1, 0.15) is 29.3 Å². The minimum absolute atomic E-state index is 0.324. The van der Waals surface area contributed by atoms with Gasteiger partial charge in [-0.05, 0) is 37.1 Å². The van der Waals surface area contributed by atoms with Crippen molar-refractivity contribution in [2.24, 2.45) is 0 Å². The Morgan fingerprint density at radius 3 is 2.67 bits per heavy atom. The fraction of sp³-hybridized carbons (Fsp3) is 0.429. The summed E-state index contributed by atoms with van der Waals surface area (Å²) in [6.45, 7) is 2.14. The third-order valence-corrected chi connectivity index (χ3v) is 2.60. The van der Waals surface area contributed by atoms with Crippen LogP contribution in [0.25, 0.3) is 0 Å². The number of aryl methyl sites for hydroxylation is 1. The number of ether oxygens (including phenoxy) is 1.